The molecule has 0 unspecified atom stereocenters. The first-order chi connectivity index (χ1) is 10.0. The van der Waals surface area contributed by atoms with Gasteiger partial charge in [-0.2, -0.15) is 0 Å². The molecule has 0 aliphatic rings. The SMILES string of the molecule is O=C(O)c1cc2cc(Cn3cc(Cl)cnc3=O)ccc2o1. The van der Waals surface area contributed by atoms with Crippen LogP contribution in [0, 0.1) is 0 Å². The molecule has 0 atom stereocenters. The Hall–Kier alpha value is -2.60. The Morgan fingerprint density at radius 2 is 2.19 bits per heavy atom. The summed E-state index contributed by atoms with van der Waals surface area (Å²) in [6.07, 6.45) is 2.79. The van der Waals surface area contributed by atoms with E-state index in [1.54, 1.807) is 18.2 Å². The number of rotatable bonds is 3. The summed E-state index contributed by atoms with van der Waals surface area (Å²) in [5.41, 5.74) is 0.886. The molecule has 0 aliphatic carbocycles. The Balaban J connectivity index is 1.99. The fourth-order valence-corrected chi connectivity index (χ4v) is 2.20. The minimum absolute atomic E-state index is 0.122. The maximum Gasteiger partial charge on any atom is 0.371 e. The summed E-state index contributed by atoms with van der Waals surface area (Å²) in [7, 11) is 0. The first-order valence-electron chi connectivity index (χ1n) is 6.01. The summed E-state index contributed by atoms with van der Waals surface area (Å²) in [4.78, 5) is 26.1. The molecule has 21 heavy (non-hydrogen) atoms. The van der Waals surface area contributed by atoms with Crippen molar-refractivity contribution in [2.75, 3.05) is 0 Å². The minimum atomic E-state index is -1.12. The molecule has 0 saturated heterocycles. The number of benzene rings is 1. The number of halogens is 1. The van der Waals surface area contributed by atoms with Crippen LogP contribution in [0.25, 0.3) is 11.0 Å². The Morgan fingerprint density at radius 1 is 1.38 bits per heavy atom. The molecule has 0 spiro atoms. The van der Waals surface area contributed by atoms with Crippen LogP contribution in [0.4, 0.5) is 0 Å². The van der Waals surface area contributed by atoms with Gasteiger partial charge in [0.1, 0.15) is 5.58 Å². The smallest absolute Gasteiger partial charge is 0.371 e. The number of fused-ring (bicyclic) bond motifs is 1. The lowest BCUT2D eigenvalue weighted by molar-refractivity contribution is 0.0665. The van der Waals surface area contributed by atoms with Gasteiger partial charge >= 0.3 is 11.7 Å². The highest BCUT2D eigenvalue weighted by Gasteiger charge is 2.11. The molecule has 1 aromatic carbocycles. The lowest BCUT2D eigenvalue weighted by Gasteiger charge is -2.05. The van der Waals surface area contributed by atoms with Gasteiger partial charge in [-0.1, -0.05) is 17.7 Å². The van der Waals surface area contributed by atoms with Crippen LogP contribution in [0.1, 0.15) is 16.1 Å². The van der Waals surface area contributed by atoms with Crippen molar-refractivity contribution in [1.29, 1.82) is 0 Å². The van der Waals surface area contributed by atoms with Gasteiger partial charge in [0.2, 0.25) is 5.76 Å². The summed E-state index contributed by atoms with van der Waals surface area (Å²) in [6, 6.07) is 6.63. The first kappa shape index (κ1) is 13.4. The fourth-order valence-electron chi connectivity index (χ4n) is 2.04. The monoisotopic (exact) mass is 304 g/mol. The van der Waals surface area contributed by atoms with E-state index in [-0.39, 0.29) is 12.3 Å². The summed E-state index contributed by atoms with van der Waals surface area (Å²) in [5, 5.41) is 9.92. The third-order valence-corrected chi connectivity index (χ3v) is 3.16. The molecule has 3 aromatic rings. The summed E-state index contributed by atoms with van der Waals surface area (Å²) in [5.74, 6) is -1.24. The number of carbonyl (C=O) groups is 1. The standard InChI is InChI=1S/C14H9ClN2O4/c15-10-5-16-14(20)17(7-10)6-8-1-2-11-9(3-8)4-12(21-11)13(18)19/h1-5,7H,6H2,(H,18,19). The number of carboxylic acids is 1. The number of aromatic carboxylic acids is 1. The molecule has 106 valence electrons. The van der Waals surface area contributed by atoms with Crippen molar-refractivity contribution in [3.63, 3.8) is 0 Å². The van der Waals surface area contributed by atoms with Crippen molar-refractivity contribution in [2.24, 2.45) is 0 Å². The summed E-state index contributed by atoms with van der Waals surface area (Å²) < 4.78 is 6.55. The minimum Gasteiger partial charge on any atom is -0.475 e. The van der Waals surface area contributed by atoms with E-state index in [4.69, 9.17) is 21.1 Å². The van der Waals surface area contributed by atoms with Gasteiger partial charge in [-0.05, 0) is 23.8 Å². The van der Waals surface area contributed by atoms with Gasteiger partial charge in [-0.15, -0.1) is 0 Å². The van der Waals surface area contributed by atoms with E-state index in [0.717, 1.165) is 5.56 Å². The van der Waals surface area contributed by atoms with Crippen LogP contribution in [0.15, 0.2) is 45.9 Å². The fraction of sp³-hybridized carbons (Fsp3) is 0.0714. The molecule has 0 saturated carbocycles. The maximum absolute atomic E-state index is 11.6. The predicted molar refractivity (Wildman–Crippen MR) is 75.8 cm³/mol. The third kappa shape index (κ3) is 2.66. The molecule has 1 N–H and O–H groups in total. The molecule has 0 radical (unpaired) electrons. The second-order valence-corrected chi connectivity index (χ2v) is 4.91. The number of nitrogens with zero attached hydrogens (tertiary/aromatic N) is 2. The Labute approximate surface area is 123 Å². The Bertz CT molecular complexity index is 897. The zero-order chi connectivity index (χ0) is 15.0. The van der Waals surface area contributed by atoms with E-state index < -0.39 is 11.7 Å². The second kappa shape index (κ2) is 5.06. The third-order valence-electron chi connectivity index (χ3n) is 2.97. The van der Waals surface area contributed by atoms with Crippen LogP contribution < -0.4 is 5.69 Å². The molecule has 3 rings (SSSR count). The van der Waals surface area contributed by atoms with E-state index in [0.29, 0.717) is 16.0 Å². The van der Waals surface area contributed by atoms with E-state index in [9.17, 15) is 9.59 Å². The van der Waals surface area contributed by atoms with Crippen LogP contribution in [-0.4, -0.2) is 20.6 Å². The van der Waals surface area contributed by atoms with Crippen LogP contribution in [0.5, 0.6) is 0 Å². The topological polar surface area (TPSA) is 85.3 Å². The van der Waals surface area contributed by atoms with E-state index in [1.807, 2.05) is 0 Å². The van der Waals surface area contributed by atoms with Gasteiger partial charge in [0.15, 0.2) is 0 Å². The van der Waals surface area contributed by atoms with Crippen molar-refractivity contribution in [1.82, 2.24) is 9.55 Å². The molecule has 0 aliphatic heterocycles. The summed E-state index contributed by atoms with van der Waals surface area (Å²) in [6.45, 7) is 0.288. The van der Waals surface area contributed by atoms with Crippen LogP contribution in [0.2, 0.25) is 5.02 Å². The lowest BCUT2D eigenvalue weighted by atomic mass is 10.1. The molecule has 7 heteroatoms. The molecule has 2 heterocycles. The van der Waals surface area contributed by atoms with Crippen molar-refractivity contribution >= 4 is 28.5 Å². The Kier molecular flexibility index (Phi) is 3.23. The predicted octanol–water partition coefficient (Wildman–Crippen LogP) is 2.39. The number of furan rings is 1. The molecule has 2 aromatic heterocycles. The van der Waals surface area contributed by atoms with Crippen LogP contribution in [0.3, 0.4) is 0 Å². The molecule has 0 fully saturated rings. The van der Waals surface area contributed by atoms with E-state index in [2.05, 4.69) is 4.98 Å². The number of hydrogen-bond acceptors (Lipinski definition) is 4. The van der Waals surface area contributed by atoms with E-state index >= 15 is 0 Å². The average Bonchev–Trinajstić information content (AvgIpc) is 2.86. The van der Waals surface area contributed by atoms with Crippen molar-refractivity contribution in [2.45, 2.75) is 6.54 Å². The molecular weight excluding hydrogens is 296 g/mol. The number of carboxylic acid groups (broad SMARTS) is 1. The van der Waals surface area contributed by atoms with Gasteiger partial charge in [0, 0.05) is 11.6 Å². The normalized spacial score (nSPS) is 10.9. The zero-order valence-corrected chi connectivity index (χ0v) is 11.4. The van der Waals surface area contributed by atoms with Crippen molar-refractivity contribution in [3.05, 3.63) is 63.5 Å². The molecule has 0 bridgehead atoms. The van der Waals surface area contributed by atoms with Crippen LogP contribution >= 0.6 is 11.6 Å². The van der Waals surface area contributed by atoms with Gasteiger partial charge in [-0.25, -0.2) is 14.6 Å². The van der Waals surface area contributed by atoms with Gasteiger partial charge in [0.25, 0.3) is 0 Å². The number of aromatic nitrogens is 2. The molecular formula is C14H9ClN2O4. The van der Waals surface area contributed by atoms with E-state index in [1.165, 1.54) is 23.0 Å². The van der Waals surface area contributed by atoms with Gasteiger partial charge in [0.05, 0.1) is 17.8 Å². The largest absolute Gasteiger partial charge is 0.475 e. The highest BCUT2D eigenvalue weighted by molar-refractivity contribution is 6.30. The highest BCUT2D eigenvalue weighted by Crippen LogP contribution is 2.21. The van der Waals surface area contributed by atoms with Crippen molar-refractivity contribution < 1.29 is 14.3 Å². The average molecular weight is 305 g/mol. The number of hydrogen-bond donors (Lipinski definition) is 1. The van der Waals surface area contributed by atoms with Crippen molar-refractivity contribution in [3.8, 4) is 0 Å². The molecule has 0 amide bonds. The van der Waals surface area contributed by atoms with Gasteiger partial charge in [-0.3, -0.25) is 4.57 Å². The zero-order valence-electron chi connectivity index (χ0n) is 10.6. The van der Waals surface area contributed by atoms with Crippen LogP contribution in [-0.2, 0) is 6.54 Å². The maximum atomic E-state index is 11.6. The second-order valence-electron chi connectivity index (χ2n) is 4.47. The summed E-state index contributed by atoms with van der Waals surface area (Å²) >= 11 is 5.81. The Morgan fingerprint density at radius 3 is 2.95 bits per heavy atom. The lowest BCUT2D eigenvalue weighted by Crippen LogP contribution is -2.22. The highest BCUT2D eigenvalue weighted by atomic mass is 35.5. The first-order valence-corrected chi connectivity index (χ1v) is 6.38. The van der Waals surface area contributed by atoms with Gasteiger partial charge < -0.3 is 9.52 Å². The molecule has 6 nitrogen and oxygen atoms in total. The quantitative estimate of drug-likeness (QED) is 0.803.